The number of carboxylic acids is 1. The molecule has 2 N–H and O–H groups in total. The fourth-order valence-corrected chi connectivity index (χ4v) is 2.31. The monoisotopic (exact) mass is 241 g/mol. The van der Waals surface area contributed by atoms with Crippen molar-refractivity contribution >= 4 is 5.97 Å². The van der Waals surface area contributed by atoms with Crippen molar-refractivity contribution in [3.8, 4) is 0 Å². The smallest absolute Gasteiger partial charge is 0.320 e. The molecule has 2 rings (SSSR count). The second-order valence-corrected chi connectivity index (χ2v) is 5.21. The number of nitrogens with one attached hydrogen (secondary N) is 1. The number of aliphatic carboxylic acids is 1. The summed E-state index contributed by atoms with van der Waals surface area (Å²) in [4.78, 5) is 15.6. The molecule has 0 amide bonds. The molecule has 5 heteroatoms. The molecule has 1 saturated heterocycles. The van der Waals surface area contributed by atoms with E-state index in [1.807, 2.05) is 0 Å². The molecule has 2 aliphatic rings. The summed E-state index contributed by atoms with van der Waals surface area (Å²) < 4.78 is 0. The average molecular weight is 241 g/mol. The number of carboxylic acid groups (broad SMARTS) is 1. The second-order valence-electron chi connectivity index (χ2n) is 5.21. The minimum Gasteiger partial charge on any atom is -0.480 e. The number of nitrogens with zero attached hydrogens (tertiary/aromatic N) is 2. The van der Waals surface area contributed by atoms with Gasteiger partial charge in [0.15, 0.2) is 0 Å². The fraction of sp³-hybridized carbons (Fsp3) is 0.917. The van der Waals surface area contributed by atoms with Gasteiger partial charge >= 0.3 is 5.97 Å². The highest BCUT2D eigenvalue weighted by Gasteiger charge is 2.28. The zero-order valence-electron chi connectivity index (χ0n) is 10.6. The Morgan fingerprint density at radius 2 is 2.00 bits per heavy atom. The van der Waals surface area contributed by atoms with Gasteiger partial charge in [0.2, 0.25) is 0 Å². The van der Waals surface area contributed by atoms with E-state index in [1.165, 1.54) is 12.8 Å². The molecular formula is C12H23N3O2. The van der Waals surface area contributed by atoms with Gasteiger partial charge in [-0.15, -0.1) is 0 Å². The van der Waals surface area contributed by atoms with Crippen LogP contribution in [0, 0.1) is 0 Å². The van der Waals surface area contributed by atoms with Crippen LogP contribution in [0.25, 0.3) is 0 Å². The molecule has 0 aromatic heterocycles. The molecule has 0 aromatic rings. The van der Waals surface area contributed by atoms with Crippen molar-refractivity contribution in [2.24, 2.45) is 0 Å². The minimum absolute atomic E-state index is 0.310. The molecule has 1 aliphatic heterocycles. The van der Waals surface area contributed by atoms with E-state index >= 15 is 0 Å². The van der Waals surface area contributed by atoms with E-state index in [0.29, 0.717) is 6.04 Å². The molecule has 0 spiro atoms. The molecular weight excluding hydrogens is 218 g/mol. The molecule has 1 saturated carbocycles. The molecule has 1 heterocycles. The highest BCUT2D eigenvalue weighted by molar-refractivity contribution is 5.73. The molecule has 0 radical (unpaired) electrons. The maximum absolute atomic E-state index is 11.3. The van der Waals surface area contributed by atoms with E-state index in [9.17, 15) is 9.90 Å². The third kappa shape index (κ3) is 3.94. The lowest BCUT2D eigenvalue weighted by Crippen LogP contribution is -2.52. The predicted molar refractivity (Wildman–Crippen MR) is 66.1 cm³/mol. The van der Waals surface area contributed by atoms with Crippen LogP contribution in [-0.4, -0.2) is 72.7 Å². The zero-order chi connectivity index (χ0) is 12.3. The number of piperazine rings is 1. The summed E-state index contributed by atoms with van der Waals surface area (Å²) in [7, 11) is 2.09. The highest BCUT2D eigenvalue weighted by atomic mass is 16.4. The lowest BCUT2D eigenvalue weighted by atomic mass is 10.1. The van der Waals surface area contributed by atoms with Gasteiger partial charge in [-0.3, -0.25) is 9.69 Å². The molecule has 2 fully saturated rings. The third-order valence-electron chi connectivity index (χ3n) is 3.69. The van der Waals surface area contributed by atoms with Crippen molar-refractivity contribution in [2.75, 3.05) is 39.8 Å². The summed E-state index contributed by atoms with van der Waals surface area (Å²) in [5, 5.41) is 12.7. The van der Waals surface area contributed by atoms with Gasteiger partial charge in [0.25, 0.3) is 0 Å². The van der Waals surface area contributed by atoms with E-state index < -0.39 is 5.97 Å². The highest BCUT2D eigenvalue weighted by Crippen LogP contribution is 2.18. The predicted octanol–water partition coefficient (Wildman–Crippen LogP) is -0.171. The average Bonchev–Trinajstić information content (AvgIpc) is 3.09. The molecule has 1 aliphatic carbocycles. The van der Waals surface area contributed by atoms with Gasteiger partial charge in [-0.1, -0.05) is 0 Å². The lowest BCUT2D eigenvalue weighted by molar-refractivity contribution is -0.144. The first-order valence-corrected chi connectivity index (χ1v) is 6.55. The molecule has 17 heavy (non-hydrogen) atoms. The quantitative estimate of drug-likeness (QED) is 0.676. The van der Waals surface area contributed by atoms with Gasteiger partial charge in [-0.2, -0.15) is 0 Å². The van der Waals surface area contributed by atoms with E-state index in [1.54, 1.807) is 0 Å². The van der Waals surface area contributed by atoms with Gasteiger partial charge in [0, 0.05) is 32.2 Å². The Bertz CT molecular complexity index is 260. The van der Waals surface area contributed by atoms with Crippen LogP contribution in [0.3, 0.4) is 0 Å². The van der Waals surface area contributed by atoms with Gasteiger partial charge in [-0.05, 0) is 32.9 Å². The van der Waals surface area contributed by atoms with Crippen LogP contribution in [0.5, 0.6) is 0 Å². The van der Waals surface area contributed by atoms with Gasteiger partial charge in [0.1, 0.15) is 6.04 Å². The Morgan fingerprint density at radius 1 is 1.35 bits per heavy atom. The lowest BCUT2D eigenvalue weighted by Gasteiger charge is -2.36. The number of hydrogen-bond acceptors (Lipinski definition) is 4. The second kappa shape index (κ2) is 5.80. The maximum atomic E-state index is 11.3. The van der Waals surface area contributed by atoms with Crippen LogP contribution in [0.2, 0.25) is 0 Å². The summed E-state index contributed by atoms with van der Waals surface area (Å²) in [5.74, 6) is -0.674. The minimum atomic E-state index is -0.674. The van der Waals surface area contributed by atoms with E-state index in [4.69, 9.17) is 0 Å². The largest absolute Gasteiger partial charge is 0.480 e. The molecule has 0 bridgehead atoms. The summed E-state index contributed by atoms with van der Waals surface area (Å²) >= 11 is 0. The summed E-state index contributed by atoms with van der Waals surface area (Å²) in [6.45, 7) is 4.52. The normalized spacial score (nSPS) is 24.8. The van der Waals surface area contributed by atoms with Crippen LogP contribution >= 0.6 is 0 Å². The van der Waals surface area contributed by atoms with Crippen LogP contribution in [0.1, 0.15) is 19.3 Å². The molecule has 1 unspecified atom stereocenters. The number of likely N-dealkylation sites (N-methyl/N-ethyl adjacent to an activating group) is 1. The van der Waals surface area contributed by atoms with Crippen molar-refractivity contribution in [3.63, 3.8) is 0 Å². The zero-order valence-corrected chi connectivity index (χ0v) is 10.6. The van der Waals surface area contributed by atoms with Crippen molar-refractivity contribution in [1.29, 1.82) is 0 Å². The van der Waals surface area contributed by atoms with Gasteiger partial charge in [-0.25, -0.2) is 0 Å². The van der Waals surface area contributed by atoms with Gasteiger partial charge in [0.05, 0.1) is 0 Å². The Morgan fingerprint density at radius 3 is 2.53 bits per heavy atom. The van der Waals surface area contributed by atoms with E-state index in [2.05, 4.69) is 22.2 Å². The van der Waals surface area contributed by atoms with Crippen molar-refractivity contribution in [1.82, 2.24) is 15.1 Å². The van der Waals surface area contributed by atoms with E-state index in [-0.39, 0.29) is 6.04 Å². The molecule has 0 aromatic carbocycles. The third-order valence-corrected chi connectivity index (χ3v) is 3.69. The Balaban J connectivity index is 1.76. The topological polar surface area (TPSA) is 55.8 Å². The summed E-state index contributed by atoms with van der Waals surface area (Å²) in [5.41, 5.74) is 0. The van der Waals surface area contributed by atoms with Gasteiger partial charge < -0.3 is 15.3 Å². The molecule has 1 atom stereocenters. The van der Waals surface area contributed by atoms with E-state index in [0.717, 1.165) is 39.1 Å². The molecule has 5 nitrogen and oxygen atoms in total. The summed E-state index contributed by atoms with van der Waals surface area (Å²) in [6.07, 6.45) is 3.23. The standard InChI is InChI=1S/C12H23N3O2/c1-14-6-8-15(9-7-14)11(12(16)17)4-5-13-10-2-3-10/h10-11,13H,2-9H2,1H3,(H,16,17). The fourth-order valence-electron chi connectivity index (χ4n) is 2.31. The molecule has 98 valence electrons. The SMILES string of the molecule is CN1CCN(C(CCNC2CC2)C(=O)O)CC1. The summed E-state index contributed by atoms with van der Waals surface area (Å²) in [6, 6.07) is 0.354. The van der Waals surface area contributed by atoms with Crippen molar-refractivity contribution < 1.29 is 9.90 Å². The van der Waals surface area contributed by atoms with Crippen molar-refractivity contribution in [2.45, 2.75) is 31.3 Å². The first-order valence-electron chi connectivity index (χ1n) is 6.55. The number of hydrogen-bond donors (Lipinski definition) is 2. The first kappa shape index (κ1) is 12.8. The Labute approximate surface area is 103 Å². The van der Waals surface area contributed by atoms with Crippen LogP contribution in [0.15, 0.2) is 0 Å². The van der Waals surface area contributed by atoms with Crippen molar-refractivity contribution in [3.05, 3.63) is 0 Å². The van der Waals surface area contributed by atoms with Crippen LogP contribution in [-0.2, 0) is 4.79 Å². The number of rotatable bonds is 6. The Hall–Kier alpha value is -0.650. The Kier molecular flexibility index (Phi) is 4.36. The van der Waals surface area contributed by atoms with Crippen LogP contribution in [0.4, 0.5) is 0 Å². The number of carbonyl (C=O) groups is 1. The maximum Gasteiger partial charge on any atom is 0.320 e. The first-order chi connectivity index (χ1) is 8.16. The van der Waals surface area contributed by atoms with Crippen LogP contribution < -0.4 is 5.32 Å².